The highest BCUT2D eigenvalue weighted by atomic mass is 127. The van der Waals surface area contributed by atoms with E-state index in [1.165, 1.54) is 11.1 Å². The van der Waals surface area contributed by atoms with Gasteiger partial charge in [0.1, 0.15) is 0 Å². The maximum absolute atomic E-state index is 12.1. The molecule has 2 aromatic carbocycles. The minimum atomic E-state index is 0. The van der Waals surface area contributed by atoms with Crippen LogP contribution in [0.2, 0.25) is 0 Å². The molecule has 0 aliphatic heterocycles. The number of hydrogen-bond donors (Lipinski definition) is 2. The fourth-order valence-corrected chi connectivity index (χ4v) is 2.65. The monoisotopic (exact) mass is 494 g/mol. The summed E-state index contributed by atoms with van der Waals surface area (Å²) in [5, 5.41) is 6.64. The normalized spacial score (nSPS) is 10.8. The summed E-state index contributed by atoms with van der Waals surface area (Å²) in [5.74, 6) is 0.830. The van der Waals surface area contributed by atoms with Crippen molar-refractivity contribution in [1.82, 2.24) is 15.5 Å². The van der Waals surface area contributed by atoms with Crippen LogP contribution in [0.25, 0.3) is 0 Å². The van der Waals surface area contributed by atoms with Crippen molar-refractivity contribution in [3.05, 3.63) is 70.8 Å². The standard InChI is InChI=1S/C22H30N4O.HI/c1-5-23-22(25-16-19-11-9-17(2)10-12-19)24-14-13-18-7-6-8-20(15-18)21(27)26(3)4;/h6-12,15H,5,13-14,16H2,1-4H3,(H2,23,24,25);1H. The molecule has 0 aliphatic rings. The third kappa shape index (κ3) is 7.88. The molecule has 0 spiro atoms. The van der Waals surface area contributed by atoms with E-state index < -0.39 is 0 Å². The van der Waals surface area contributed by atoms with Crippen molar-refractivity contribution in [2.45, 2.75) is 26.8 Å². The molecule has 0 saturated heterocycles. The molecular weight excluding hydrogens is 463 g/mol. The van der Waals surface area contributed by atoms with Gasteiger partial charge in [-0.05, 0) is 43.5 Å². The Bertz CT molecular complexity index is 772. The first kappa shape index (κ1) is 23.9. The molecule has 2 N–H and O–H groups in total. The molecule has 0 atom stereocenters. The summed E-state index contributed by atoms with van der Waals surface area (Å²) in [6.45, 7) is 6.34. The highest BCUT2D eigenvalue weighted by molar-refractivity contribution is 14.0. The summed E-state index contributed by atoms with van der Waals surface area (Å²) < 4.78 is 0. The topological polar surface area (TPSA) is 56.7 Å². The van der Waals surface area contributed by atoms with E-state index in [9.17, 15) is 4.79 Å². The van der Waals surface area contributed by atoms with Crippen molar-refractivity contribution < 1.29 is 4.79 Å². The Labute approximate surface area is 185 Å². The second-order valence-corrected chi connectivity index (χ2v) is 6.76. The molecule has 5 nitrogen and oxygen atoms in total. The number of hydrogen-bond acceptors (Lipinski definition) is 2. The summed E-state index contributed by atoms with van der Waals surface area (Å²) in [6, 6.07) is 16.2. The van der Waals surface area contributed by atoms with E-state index in [1.807, 2.05) is 24.3 Å². The van der Waals surface area contributed by atoms with Gasteiger partial charge in [-0.15, -0.1) is 24.0 Å². The zero-order valence-corrected chi connectivity index (χ0v) is 19.5. The Morgan fingerprint density at radius 3 is 2.39 bits per heavy atom. The van der Waals surface area contributed by atoms with Crippen LogP contribution < -0.4 is 10.6 Å². The van der Waals surface area contributed by atoms with Crippen LogP contribution in [-0.2, 0) is 13.0 Å². The number of halogens is 1. The zero-order valence-electron chi connectivity index (χ0n) is 17.2. The Morgan fingerprint density at radius 2 is 1.75 bits per heavy atom. The van der Waals surface area contributed by atoms with E-state index >= 15 is 0 Å². The van der Waals surface area contributed by atoms with Gasteiger partial charge in [0.05, 0.1) is 6.54 Å². The SMILES string of the molecule is CCNC(=NCc1ccc(C)cc1)NCCc1cccc(C(=O)N(C)C)c1.I. The summed E-state index contributed by atoms with van der Waals surface area (Å²) >= 11 is 0. The van der Waals surface area contributed by atoms with Crippen LogP contribution in [-0.4, -0.2) is 44.0 Å². The predicted molar refractivity (Wildman–Crippen MR) is 128 cm³/mol. The third-order valence-electron chi connectivity index (χ3n) is 4.17. The molecule has 0 aliphatic carbocycles. The second-order valence-electron chi connectivity index (χ2n) is 6.76. The number of amides is 1. The van der Waals surface area contributed by atoms with Gasteiger partial charge in [0.2, 0.25) is 0 Å². The number of aliphatic imine (C=N–C) groups is 1. The summed E-state index contributed by atoms with van der Waals surface area (Å²) in [7, 11) is 3.54. The van der Waals surface area contributed by atoms with E-state index in [0.717, 1.165) is 36.6 Å². The number of carbonyl (C=O) groups is 1. The van der Waals surface area contributed by atoms with Crippen molar-refractivity contribution in [2.75, 3.05) is 27.2 Å². The number of rotatable bonds is 7. The maximum Gasteiger partial charge on any atom is 0.253 e. The molecule has 0 unspecified atom stereocenters. The first-order valence-corrected chi connectivity index (χ1v) is 9.38. The Balaban J connectivity index is 0.00000392. The number of nitrogens with one attached hydrogen (secondary N) is 2. The van der Waals surface area contributed by atoms with Crippen LogP contribution in [0.5, 0.6) is 0 Å². The van der Waals surface area contributed by atoms with E-state index in [4.69, 9.17) is 0 Å². The van der Waals surface area contributed by atoms with Crippen LogP contribution in [0.3, 0.4) is 0 Å². The fourth-order valence-electron chi connectivity index (χ4n) is 2.65. The van der Waals surface area contributed by atoms with Gasteiger partial charge in [-0.1, -0.05) is 42.0 Å². The number of guanidine groups is 1. The molecule has 0 saturated carbocycles. The second kappa shape index (κ2) is 12.4. The molecule has 1 amide bonds. The van der Waals surface area contributed by atoms with Crippen LogP contribution in [0.1, 0.15) is 34.0 Å². The molecule has 0 radical (unpaired) electrons. The average molecular weight is 494 g/mol. The van der Waals surface area contributed by atoms with Crippen LogP contribution in [0.15, 0.2) is 53.5 Å². The molecular formula is C22H31IN4O. The maximum atomic E-state index is 12.1. The van der Waals surface area contributed by atoms with E-state index in [-0.39, 0.29) is 29.9 Å². The van der Waals surface area contributed by atoms with Gasteiger partial charge in [0.25, 0.3) is 5.91 Å². The predicted octanol–water partition coefficient (Wildman–Crippen LogP) is 3.61. The van der Waals surface area contributed by atoms with E-state index in [2.05, 4.69) is 53.7 Å². The minimum absolute atomic E-state index is 0. The average Bonchev–Trinajstić information content (AvgIpc) is 2.67. The molecule has 0 fully saturated rings. The quantitative estimate of drug-likeness (QED) is 0.351. The lowest BCUT2D eigenvalue weighted by atomic mass is 10.1. The Morgan fingerprint density at radius 1 is 1.04 bits per heavy atom. The number of carbonyl (C=O) groups excluding carboxylic acids is 1. The molecule has 6 heteroatoms. The molecule has 0 heterocycles. The third-order valence-corrected chi connectivity index (χ3v) is 4.17. The lowest BCUT2D eigenvalue weighted by Gasteiger charge is -2.13. The van der Waals surface area contributed by atoms with E-state index in [0.29, 0.717) is 6.54 Å². The van der Waals surface area contributed by atoms with Crippen LogP contribution in [0.4, 0.5) is 0 Å². The zero-order chi connectivity index (χ0) is 19.6. The van der Waals surface area contributed by atoms with Crippen molar-refractivity contribution in [1.29, 1.82) is 0 Å². The van der Waals surface area contributed by atoms with Gasteiger partial charge in [-0.2, -0.15) is 0 Å². The molecule has 28 heavy (non-hydrogen) atoms. The van der Waals surface area contributed by atoms with Gasteiger partial charge >= 0.3 is 0 Å². The molecule has 2 rings (SSSR count). The van der Waals surface area contributed by atoms with Gasteiger partial charge in [-0.25, -0.2) is 4.99 Å². The molecule has 0 aromatic heterocycles. The van der Waals surface area contributed by atoms with Crippen molar-refractivity contribution in [3.63, 3.8) is 0 Å². The van der Waals surface area contributed by atoms with Gasteiger partial charge in [-0.3, -0.25) is 4.79 Å². The van der Waals surface area contributed by atoms with Gasteiger partial charge in [0.15, 0.2) is 5.96 Å². The number of aryl methyl sites for hydroxylation is 1. The molecule has 152 valence electrons. The van der Waals surface area contributed by atoms with Gasteiger partial charge < -0.3 is 15.5 Å². The van der Waals surface area contributed by atoms with Crippen molar-refractivity contribution in [3.8, 4) is 0 Å². The molecule has 2 aromatic rings. The van der Waals surface area contributed by atoms with Crippen LogP contribution >= 0.6 is 24.0 Å². The highest BCUT2D eigenvalue weighted by Crippen LogP contribution is 2.08. The summed E-state index contributed by atoms with van der Waals surface area (Å²) in [5.41, 5.74) is 4.29. The lowest BCUT2D eigenvalue weighted by molar-refractivity contribution is 0.0827. The van der Waals surface area contributed by atoms with Crippen molar-refractivity contribution >= 4 is 35.8 Å². The van der Waals surface area contributed by atoms with E-state index in [1.54, 1.807) is 19.0 Å². The largest absolute Gasteiger partial charge is 0.357 e. The first-order chi connectivity index (χ1) is 13.0. The van der Waals surface area contributed by atoms with Gasteiger partial charge in [0, 0.05) is 32.7 Å². The lowest BCUT2D eigenvalue weighted by Crippen LogP contribution is -2.38. The number of nitrogens with zero attached hydrogens (tertiary/aromatic N) is 2. The van der Waals surface area contributed by atoms with Crippen LogP contribution in [0, 0.1) is 6.92 Å². The Kier molecular flexibility index (Phi) is 10.6. The molecule has 0 bridgehead atoms. The fraction of sp³-hybridized carbons (Fsp3) is 0.364. The van der Waals surface area contributed by atoms with Crippen molar-refractivity contribution in [2.24, 2.45) is 4.99 Å². The minimum Gasteiger partial charge on any atom is -0.357 e. The summed E-state index contributed by atoms with van der Waals surface area (Å²) in [4.78, 5) is 18.3. The smallest absolute Gasteiger partial charge is 0.253 e. The summed E-state index contributed by atoms with van der Waals surface area (Å²) in [6.07, 6.45) is 0.823. The number of benzene rings is 2. The first-order valence-electron chi connectivity index (χ1n) is 9.38. The Hall–Kier alpha value is -2.09. The highest BCUT2D eigenvalue weighted by Gasteiger charge is 2.08.